The minimum atomic E-state index is -0.938. The van der Waals surface area contributed by atoms with Crippen LogP contribution in [0.5, 0.6) is 0 Å². The molecule has 2 aromatic heterocycles. The summed E-state index contributed by atoms with van der Waals surface area (Å²) >= 11 is 0. The number of nitrogens with zero attached hydrogens (tertiary/aromatic N) is 3. The number of hydrogen-bond donors (Lipinski definition) is 3. The molecule has 144 valence electrons. The Morgan fingerprint density at radius 1 is 1.21 bits per heavy atom. The first-order chi connectivity index (χ1) is 13.4. The van der Waals surface area contributed by atoms with Gasteiger partial charge in [-0.2, -0.15) is 9.78 Å². The van der Waals surface area contributed by atoms with Crippen molar-refractivity contribution in [2.75, 3.05) is 5.32 Å². The first-order valence-corrected chi connectivity index (χ1v) is 8.65. The maximum atomic E-state index is 12.6. The summed E-state index contributed by atoms with van der Waals surface area (Å²) < 4.78 is 1.37. The number of amides is 1. The SMILES string of the molecule is CCc1cc(=O)[nH]c(-n2nc(C)cc2NC(=O)c2ccc(CC(=O)O)cc2)n1. The quantitative estimate of drug-likeness (QED) is 0.596. The van der Waals surface area contributed by atoms with Crippen LogP contribution in [0.1, 0.15) is 34.2 Å². The second kappa shape index (κ2) is 7.87. The van der Waals surface area contributed by atoms with E-state index in [1.807, 2.05) is 6.92 Å². The Bertz CT molecular complexity index is 1080. The topological polar surface area (TPSA) is 130 Å². The van der Waals surface area contributed by atoms with E-state index in [-0.39, 0.29) is 17.9 Å². The van der Waals surface area contributed by atoms with E-state index in [4.69, 9.17) is 5.11 Å². The van der Waals surface area contributed by atoms with Gasteiger partial charge in [0.2, 0.25) is 5.95 Å². The van der Waals surface area contributed by atoms with E-state index in [1.165, 1.54) is 10.7 Å². The number of nitrogens with one attached hydrogen (secondary N) is 2. The molecule has 0 saturated carbocycles. The minimum Gasteiger partial charge on any atom is -0.481 e. The fourth-order valence-electron chi connectivity index (χ4n) is 2.66. The number of anilines is 1. The molecule has 0 unspecified atom stereocenters. The van der Waals surface area contributed by atoms with E-state index in [0.29, 0.717) is 34.8 Å². The van der Waals surface area contributed by atoms with Crippen LogP contribution in [0.15, 0.2) is 41.2 Å². The molecule has 0 atom stereocenters. The lowest BCUT2D eigenvalue weighted by atomic mass is 10.1. The number of benzene rings is 1. The second-order valence-electron chi connectivity index (χ2n) is 6.22. The van der Waals surface area contributed by atoms with Gasteiger partial charge in [-0.3, -0.25) is 19.4 Å². The van der Waals surface area contributed by atoms with Crippen LogP contribution in [0.25, 0.3) is 5.95 Å². The number of H-pyrrole nitrogens is 1. The summed E-state index contributed by atoms with van der Waals surface area (Å²) in [5.41, 5.74) is 1.91. The third kappa shape index (κ3) is 4.32. The van der Waals surface area contributed by atoms with Crippen LogP contribution in [-0.2, 0) is 17.6 Å². The van der Waals surface area contributed by atoms with Gasteiger partial charge in [0.25, 0.3) is 11.5 Å². The van der Waals surface area contributed by atoms with Crippen molar-refractivity contribution in [1.82, 2.24) is 19.7 Å². The van der Waals surface area contributed by atoms with Crippen molar-refractivity contribution in [3.63, 3.8) is 0 Å². The molecule has 1 aromatic carbocycles. The highest BCUT2D eigenvalue weighted by Gasteiger charge is 2.15. The molecule has 0 fully saturated rings. The van der Waals surface area contributed by atoms with Gasteiger partial charge in [0.15, 0.2) is 0 Å². The fraction of sp³-hybridized carbons (Fsp3) is 0.211. The molecule has 0 aliphatic heterocycles. The summed E-state index contributed by atoms with van der Waals surface area (Å²) in [6.45, 7) is 3.64. The number of carboxylic acid groups (broad SMARTS) is 1. The van der Waals surface area contributed by atoms with E-state index < -0.39 is 11.9 Å². The fourth-order valence-corrected chi connectivity index (χ4v) is 2.66. The maximum absolute atomic E-state index is 12.6. The second-order valence-corrected chi connectivity index (χ2v) is 6.22. The van der Waals surface area contributed by atoms with Crippen molar-refractivity contribution >= 4 is 17.7 Å². The zero-order valence-corrected chi connectivity index (χ0v) is 15.4. The Labute approximate surface area is 160 Å². The van der Waals surface area contributed by atoms with Gasteiger partial charge in [-0.1, -0.05) is 19.1 Å². The van der Waals surface area contributed by atoms with Crippen molar-refractivity contribution < 1.29 is 14.7 Å². The third-order valence-electron chi connectivity index (χ3n) is 3.99. The highest BCUT2D eigenvalue weighted by molar-refractivity contribution is 6.04. The Hall–Kier alpha value is -3.75. The van der Waals surface area contributed by atoms with Crippen LogP contribution in [0, 0.1) is 6.92 Å². The lowest BCUT2D eigenvalue weighted by Gasteiger charge is -2.09. The van der Waals surface area contributed by atoms with Crippen molar-refractivity contribution in [1.29, 1.82) is 0 Å². The smallest absolute Gasteiger partial charge is 0.307 e. The number of hydrogen-bond acceptors (Lipinski definition) is 5. The summed E-state index contributed by atoms with van der Waals surface area (Å²) in [6.07, 6.45) is 0.474. The van der Waals surface area contributed by atoms with Gasteiger partial charge in [-0.05, 0) is 31.0 Å². The van der Waals surface area contributed by atoms with Crippen LogP contribution in [0.3, 0.4) is 0 Å². The number of aliphatic carboxylic acids is 1. The number of carbonyl (C=O) groups is 2. The zero-order valence-electron chi connectivity index (χ0n) is 15.4. The van der Waals surface area contributed by atoms with Crippen molar-refractivity contribution in [2.24, 2.45) is 0 Å². The van der Waals surface area contributed by atoms with E-state index in [9.17, 15) is 14.4 Å². The molecule has 3 aromatic rings. The molecule has 9 heteroatoms. The van der Waals surface area contributed by atoms with Gasteiger partial charge in [-0.25, -0.2) is 4.98 Å². The summed E-state index contributed by atoms with van der Waals surface area (Å²) in [7, 11) is 0. The van der Waals surface area contributed by atoms with Crippen LogP contribution < -0.4 is 10.9 Å². The first-order valence-electron chi connectivity index (χ1n) is 8.65. The highest BCUT2D eigenvalue weighted by atomic mass is 16.4. The van der Waals surface area contributed by atoms with Crippen LogP contribution in [0.4, 0.5) is 5.82 Å². The molecule has 0 aliphatic carbocycles. The van der Waals surface area contributed by atoms with Crippen molar-refractivity contribution in [3.8, 4) is 5.95 Å². The molecule has 0 aliphatic rings. The summed E-state index contributed by atoms with van der Waals surface area (Å²) in [5.74, 6) is -0.762. The summed E-state index contributed by atoms with van der Waals surface area (Å²) in [5, 5.41) is 15.9. The molecule has 0 radical (unpaired) electrons. The number of carboxylic acids is 1. The molecule has 0 spiro atoms. The molecule has 3 rings (SSSR count). The van der Waals surface area contributed by atoms with Crippen LogP contribution >= 0.6 is 0 Å². The van der Waals surface area contributed by atoms with Gasteiger partial charge >= 0.3 is 5.97 Å². The van der Waals surface area contributed by atoms with Crippen molar-refractivity contribution in [3.05, 3.63) is 69.3 Å². The Morgan fingerprint density at radius 2 is 1.93 bits per heavy atom. The number of aryl methyl sites for hydroxylation is 2. The molecule has 1 amide bonds. The Kier molecular flexibility index (Phi) is 5.35. The zero-order chi connectivity index (χ0) is 20.3. The number of rotatable bonds is 6. The van der Waals surface area contributed by atoms with Gasteiger partial charge in [0, 0.05) is 23.4 Å². The Balaban J connectivity index is 1.87. The third-order valence-corrected chi connectivity index (χ3v) is 3.99. The van der Waals surface area contributed by atoms with Crippen LogP contribution in [-0.4, -0.2) is 36.7 Å². The molecule has 9 nitrogen and oxygen atoms in total. The van der Waals surface area contributed by atoms with E-state index >= 15 is 0 Å². The van der Waals surface area contributed by atoms with E-state index in [1.54, 1.807) is 37.3 Å². The standard InChI is InChI=1S/C19H19N5O4/c1-3-14-10-16(25)22-19(20-14)24-15(8-11(2)23-24)21-18(28)13-6-4-12(5-7-13)9-17(26)27/h4-8,10H,3,9H2,1-2H3,(H,21,28)(H,26,27)(H,20,22,25). The highest BCUT2D eigenvalue weighted by Crippen LogP contribution is 2.16. The van der Waals surface area contributed by atoms with Gasteiger partial charge < -0.3 is 10.4 Å². The molecule has 0 saturated heterocycles. The van der Waals surface area contributed by atoms with Crippen LogP contribution in [0.2, 0.25) is 0 Å². The predicted octanol–water partition coefficient (Wildman–Crippen LogP) is 1.71. The maximum Gasteiger partial charge on any atom is 0.307 e. The molecule has 2 heterocycles. The normalized spacial score (nSPS) is 10.6. The van der Waals surface area contributed by atoms with Gasteiger partial charge in [-0.15, -0.1) is 0 Å². The molecule has 0 bridgehead atoms. The largest absolute Gasteiger partial charge is 0.481 e. The van der Waals surface area contributed by atoms with Crippen molar-refractivity contribution in [2.45, 2.75) is 26.7 Å². The van der Waals surface area contributed by atoms with E-state index in [2.05, 4.69) is 20.4 Å². The first kappa shape index (κ1) is 19.0. The molecular weight excluding hydrogens is 362 g/mol. The number of carbonyl (C=O) groups excluding carboxylic acids is 1. The lowest BCUT2D eigenvalue weighted by Crippen LogP contribution is -2.19. The predicted molar refractivity (Wildman–Crippen MR) is 102 cm³/mol. The molecular formula is C19H19N5O4. The van der Waals surface area contributed by atoms with Gasteiger partial charge in [0.1, 0.15) is 5.82 Å². The lowest BCUT2D eigenvalue weighted by molar-refractivity contribution is -0.136. The van der Waals surface area contributed by atoms with Gasteiger partial charge in [0.05, 0.1) is 12.1 Å². The number of aromatic nitrogens is 4. The average molecular weight is 381 g/mol. The summed E-state index contributed by atoms with van der Waals surface area (Å²) in [6, 6.07) is 9.37. The van der Waals surface area contributed by atoms with E-state index in [0.717, 1.165) is 0 Å². The summed E-state index contributed by atoms with van der Waals surface area (Å²) in [4.78, 5) is 42.1. The Morgan fingerprint density at radius 3 is 2.57 bits per heavy atom. The minimum absolute atomic E-state index is 0.110. The number of aromatic amines is 1. The molecule has 28 heavy (non-hydrogen) atoms. The monoisotopic (exact) mass is 381 g/mol. The molecule has 3 N–H and O–H groups in total. The average Bonchev–Trinajstić information content (AvgIpc) is 3.01.